The average Bonchev–Trinajstić information content (AvgIpc) is 3.13. The van der Waals surface area contributed by atoms with Gasteiger partial charge in [-0.3, -0.25) is 0 Å². The molecule has 0 aromatic heterocycles. The van der Waals surface area contributed by atoms with Gasteiger partial charge in [0.25, 0.3) is 0 Å². The zero-order valence-electron chi connectivity index (χ0n) is 9.87. The molecule has 0 aliphatic carbocycles. The Balaban J connectivity index is 2.23. The van der Waals surface area contributed by atoms with Crippen molar-refractivity contribution in [3.05, 3.63) is 0 Å². The van der Waals surface area contributed by atoms with Crippen molar-refractivity contribution >= 4 is 11.6 Å². The number of alkyl halides is 1. The Morgan fingerprint density at radius 2 is 2.38 bits per heavy atom. The Hall–Kier alpha value is -0.270. The maximum absolute atomic E-state index is 5.79. The van der Waals surface area contributed by atoms with E-state index in [1.54, 1.807) is 0 Å². The highest BCUT2D eigenvalue weighted by Gasteiger charge is 2.26. The summed E-state index contributed by atoms with van der Waals surface area (Å²) in [5.41, 5.74) is -0.524. The molecule has 1 aliphatic rings. The van der Waals surface area contributed by atoms with E-state index in [4.69, 9.17) is 32.2 Å². The topological polar surface area (TPSA) is 31.0 Å². The summed E-state index contributed by atoms with van der Waals surface area (Å²) in [6.07, 6.45) is 6.30. The van der Waals surface area contributed by atoms with Gasteiger partial charge in [-0.05, 0) is 13.3 Å². The van der Waals surface area contributed by atoms with Gasteiger partial charge in [-0.15, -0.1) is 18.0 Å². The lowest BCUT2D eigenvalue weighted by atomic mass is 10.1. The van der Waals surface area contributed by atoms with E-state index in [1.165, 1.54) is 0 Å². The minimum Gasteiger partial charge on any atom is -0.372 e. The summed E-state index contributed by atoms with van der Waals surface area (Å²) in [5.74, 6) is 3.04. The molecule has 92 valence electrons. The van der Waals surface area contributed by atoms with Crippen molar-refractivity contribution < 1.29 is 14.2 Å². The molecule has 3 unspecified atom stereocenters. The number of hydrogen-bond donors (Lipinski definition) is 0. The SMILES string of the molecule is C#CC(C)(CC)OCC(CCl)OCC1CO1. The minimum absolute atomic E-state index is 0.120. The predicted octanol–water partition coefficient (Wildman–Crippen LogP) is 1.83. The van der Waals surface area contributed by atoms with Crippen LogP contribution in [0.25, 0.3) is 0 Å². The molecule has 16 heavy (non-hydrogen) atoms. The first-order chi connectivity index (χ1) is 7.63. The van der Waals surface area contributed by atoms with E-state index in [9.17, 15) is 0 Å². The van der Waals surface area contributed by atoms with Gasteiger partial charge in [0.1, 0.15) is 11.7 Å². The van der Waals surface area contributed by atoms with Gasteiger partial charge >= 0.3 is 0 Å². The first kappa shape index (κ1) is 13.8. The summed E-state index contributed by atoms with van der Waals surface area (Å²) < 4.78 is 16.2. The first-order valence-electron chi connectivity index (χ1n) is 5.54. The number of halogens is 1. The molecule has 3 atom stereocenters. The smallest absolute Gasteiger partial charge is 0.125 e. The summed E-state index contributed by atoms with van der Waals surface area (Å²) in [7, 11) is 0. The highest BCUT2D eigenvalue weighted by Crippen LogP contribution is 2.16. The fourth-order valence-corrected chi connectivity index (χ4v) is 1.25. The molecule has 0 aromatic rings. The number of ether oxygens (including phenoxy) is 3. The first-order valence-corrected chi connectivity index (χ1v) is 6.08. The van der Waals surface area contributed by atoms with Gasteiger partial charge in [-0.1, -0.05) is 12.8 Å². The Labute approximate surface area is 102 Å². The van der Waals surface area contributed by atoms with E-state index in [0.717, 1.165) is 13.0 Å². The van der Waals surface area contributed by atoms with E-state index in [1.807, 2.05) is 13.8 Å². The monoisotopic (exact) mass is 246 g/mol. The lowest BCUT2D eigenvalue weighted by Crippen LogP contribution is -2.32. The zero-order chi connectivity index (χ0) is 12.0. The molecule has 0 aromatic carbocycles. The van der Waals surface area contributed by atoms with Crippen molar-refractivity contribution in [1.82, 2.24) is 0 Å². The van der Waals surface area contributed by atoms with Gasteiger partial charge in [0, 0.05) is 0 Å². The molecule has 0 amide bonds. The third-order valence-electron chi connectivity index (χ3n) is 2.66. The summed E-state index contributed by atoms with van der Waals surface area (Å²) in [6.45, 7) is 5.67. The van der Waals surface area contributed by atoms with Gasteiger partial charge in [-0.2, -0.15) is 0 Å². The van der Waals surface area contributed by atoms with Gasteiger partial charge in [-0.25, -0.2) is 0 Å². The Morgan fingerprint density at radius 3 is 2.81 bits per heavy atom. The van der Waals surface area contributed by atoms with Crippen molar-refractivity contribution in [1.29, 1.82) is 0 Å². The largest absolute Gasteiger partial charge is 0.372 e. The molecule has 1 saturated heterocycles. The van der Waals surface area contributed by atoms with Crippen LogP contribution in [0.2, 0.25) is 0 Å². The summed E-state index contributed by atoms with van der Waals surface area (Å²) in [5, 5.41) is 0. The van der Waals surface area contributed by atoms with E-state index in [2.05, 4.69) is 5.92 Å². The van der Waals surface area contributed by atoms with Crippen LogP contribution < -0.4 is 0 Å². The van der Waals surface area contributed by atoms with Crippen LogP contribution in [0.3, 0.4) is 0 Å². The number of epoxide rings is 1. The number of rotatable bonds is 8. The third-order valence-corrected chi connectivity index (χ3v) is 3.00. The summed E-state index contributed by atoms with van der Waals surface area (Å²) >= 11 is 5.79. The van der Waals surface area contributed by atoms with Gasteiger partial charge in [0.05, 0.1) is 31.8 Å². The molecule has 0 spiro atoms. The average molecular weight is 247 g/mol. The zero-order valence-corrected chi connectivity index (χ0v) is 10.6. The summed E-state index contributed by atoms with van der Waals surface area (Å²) in [6, 6.07) is 0. The Morgan fingerprint density at radius 1 is 1.69 bits per heavy atom. The van der Waals surface area contributed by atoms with E-state index in [-0.39, 0.29) is 12.2 Å². The fourth-order valence-electron chi connectivity index (χ4n) is 1.07. The predicted molar refractivity (Wildman–Crippen MR) is 63.7 cm³/mol. The molecule has 1 fully saturated rings. The number of terminal acetylenes is 1. The molecule has 0 saturated carbocycles. The second-order valence-electron chi connectivity index (χ2n) is 4.10. The molecule has 3 nitrogen and oxygen atoms in total. The van der Waals surface area contributed by atoms with E-state index >= 15 is 0 Å². The van der Waals surface area contributed by atoms with Gasteiger partial charge in [0.15, 0.2) is 0 Å². The van der Waals surface area contributed by atoms with E-state index < -0.39 is 5.60 Å². The second kappa shape index (κ2) is 6.46. The van der Waals surface area contributed by atoms with Crippen LogP contribution in [-0.4, -0.2) is 43.5 Å². The quantitative estimate of drug-likeness (QED) is 0.372. The maximum Gasteiger partial charge on any atom is 0.125 e. The van der Waals surface area contributed by atoms with Crippen molar-refractivity contribution in [2.75, 3.05) is 25.7 Å². The lowest BCUT2D eigenvalue weighted by molar-refractivity contribution is -0.0594. The van der Waals surface area contributed by atoms with Crippen LogP contribution in [-0.2, 0) is 14.2 Å². The minimum atomic E-state index is -0.524. The van der Waals surface area contributed by atoms with Crippen molar-refractivity contribution in [2.24, 2.45) is 0 Å². The second-order valence-corrected chi connectivity index (χ2v) is 4.41. The molecule has 0 bridgehead atoms. The van der Waals surface area contributed by atoms with Crippen LogP contribution in [0.4, 0.5) is 0 Å². The van der Waals surface area contributed by atoms with Crippen LogP contribution in [0.1, 0.15) is 20.3 Å². The Kier molecular flexibility index (Phi) is 5.57. The normalized spacial score (nSPS) is 24.5. The Bertz CT molecular complexity index is 247. The highest BCUT2D eigenvalue weighted by atomic mass is 35.5. The van der Waals surface area contributed by atoms with Crippen LogP contribution in [0.15, 0.2) is 0 Å². The van der Waals surface area contributed by atoms with Crippen LogP contribution >= 0.6 is 11.6 Å². The lowest BCUT2D eigenvalue weighted by Gasteiger charge is -2.25. The number of hydrogen-bond acceptors (Lipinski definition) is 3. The van der Waals surface area contributed by atoms with Crippen LogP contribution in [0.5, 0.6) is 0 Å². The molecular formula is C12H19ClO3. The molecule has 1 aliphatic heterocycles. The van der Waals surface area contributed by atoms with Crippen molar-refractivity contribution in [3.8, 4) is 12.3 Å². The molecule has 4 heteroatoms. The molecule has 0 N–H and O–H groups in total. The molecule has 1 rings (SSSR count). The molecular weight excluding hydrogens is 228 g/mol. The van der Waals surface area contributed by atoms with Gasteiger partial charge < -0.3 is 14.2 Å². The highest BCUT2D eigenvalue weighted by molar-refractivity contribution is 6.18. The third kappa shape index (κ3) is 4.71. The van der Waals surface area contributed by atoms with Crippen molar-refractivity contribution in [2.45, 2.75) is 38.1 Å². The van der Waals surface area contributed by atoms with Crippen molar-refractivity contribution in [3.63, 3.8) is 0 Å². The molecule has 1 heterocycles. The molecule has 0 radical (unpaired) electrons. The fraction of sp³-hybridized carbons (Fsp3) is 0.833. The van der Waals surface area contributed by atoms with Crippen LogP contribution in [0, 0.1) is 12.3 Å². The van der Waals surface area contributed by atoms with E-state index in [0.29, 0.717) is 19.1 Å². The standard InChI is InChI=1S/C12H19ClO3/c1-4-12(3,5-2)16-9-10(6-13)14-7-11-8-15-11/h1,10-11H,5-9H2,2-3H3. The maximum atomic E-state index is 5.79. The van der Waals surface area contributed by atoms with Gasteiger partial charge in [0.2, 0.25) is 0 Å². The summed E-state index contributed by atoms with van der Waals surface area (Å²) in [4.78, 5) is 0.